The number of ketones is 1. The largest absolute Gasteiger partial charge is 0.478 e. The Hall–Kier alpha value is -2.88. The number of ether oxygens (including phenoxy) is 2. The van der Waals surface area contributed by atoms with E-state index in [-0.39, 0.29) is 12.4 Å². The number of benzene rings is 2. The van der Waals surface area contributed by atoms with Gasteiger partial charge in [-0.05, 0) is 47.7 Å². The molecule has 134 valence electrons. The number of esters is 1. The summed E-state index contributed by atoms with van der Waals surface area (Å²) in [6.07, 6.45) is 0.343. The minimum Gasteiger partial charge on any atom is -0.478 e. The summed E-state index contributed by atoms with van der Waals surface area (Å²) in [5, 5.41) is 0. The van der Waals surface area contributed by atoms with E-state index in [1.54, 1.807) is 0 Å². The van der Waals surface area contributed by atoms with Gasteiger partial charge in [-0.25, -0.2) is 4.79 Å². The number of carbonyl (C=O) groups excluding carboxylic acids is 2. The zero-order valence-electron chi connectivity index (χ0n) is 15.1. The molecule has 0 bridgehead atoms. The highest BCUT2D eigenvalue weighted by Gasteiger charge is 2.31. The molecule has 0 saturated carbocycles. The first kappa shape index (κ1) is 17.9. The van der Waals surface area contributed by atoms with Crippen molar-refractivity contribution in [3.8, 4) is 5.75 Å². The van der Waals surface area contributed by atoms with Gasteiger partial charge in [0.05, 0.1) is 0 Å². The molecule has 0 fully saturated rings. The lowest BCUT2D eigenvalue weighted by Gasteiger charge is -2.11. The number of Topliss-reactive ketones (excluding diaryl/α,β-unsaturated/α-hetero) is 1. The Bertz CT molecular complexity index is 852. The maximum atomic E-state index is 12.4. The van der Waals surface area contributed by atoms with Gasteiger partial charge in [0.2, 0.25) is 0 Å². The van der Waals surface area contributed by atoms with Gasteiger partial charge < -0.3 is 9.47 Å². The summed E-state index contributed by atoms with van der Waals surface area (Å²) < 4.78 is 11.1. The van der Waals surface area contributed by atoms with Crippen molar-refractivity contribution in [2.24, 2.45) is 0 Å². The summed E-state index contributed by atoms with van der Waals surface area (Å²) in [5.41, 5.74) is 3.80. The monoisotopic (exact) mass is 350 g/mol. The van der Waals surface area contributed by atoms with E-state index >= 15 is 0 Å². The van der Waals surface area contributed by atoms with Crippen LogP contribution in [0.25, 0.3) is 0 Å². The molecule has 1 aliphatic heterocycles. The van der Waals surface area contributed by atoms with Crippen molar-refractivity contribution in [3.05, 3.63) is 76.9 Å². The number of hydrogen-bond donors (Lipinski definition) is 0. The maximum Gasteiger partial charge on any atom is 0.348 e. The Morgan fingerprint density at radius 2 is 1.96 bits per heavy atom. The Balaban J connectivity index is 1.69. The summed E-state index contributed by atoms with van der Waals surface area (Å²) in [5.74, 6) is 0.194. The molecule has 0 saturated heterocycles. The summed E-state index contributed by atoms with van der Waals surface area (Å²) in [6, 6.07) is 13.1. The Kier molecular flexibility index (Phi) is 5.21. The van der Waals surface area contributed by atoms with Gasteiger partial charge >= 0.3 is 5.97 Å². The van der Waals surface area contributed by atoms with Crippen LogP contribution in [0.2, 0.25) is 0 Å². The van der Waals surface area contributed by atoms with Crippen LogP contribution in [0, 0.1) is 6.92 Å². The molecular formula is C22H22O4. The fraction of sp³-hybridized carbons (Fsp3) is 0.273. The molecule has 4 nitrogen and oxygen atoms in total. The SMILES string of the molecule is C=C(CC)C(=O)c1cc2c(cc1C)OC(C(=O)OCc1ccccc1)C2. The van der Waals surface area contributed by atoms with E-state index < -0.39 is 12.1 Å². The number of rotatable bonds is 6. The van der Waals surface area contributed by atoms with Crippen LogP contribution in [-0.2, 0) is 22.6 Å². The van der Waals surface area contributed by atoms with Crippen LogP contribution in [0.15, 0.2) is 54.6 Å². The number of aryl methyl sites for hydroxylation is 1. The third kappa shape index (κ3) is 3.69. The average molecular weight is 350 g/mol. The van der Waals surface area contributed by atoms with E-state index in [4.69, 9.17) is 9.47 Å². The Morgan fingerprint density at radius 3 is 2.65 bits per heavy atom. The van der Waals surface area contributed by atoms with Crippen LogP contribution in [0.4, 0.5) is 0 Å². The van der Waals surface area contributed by atoms with Crippen LogP contribution >= 0.6 is 0 Å². The molecule has 0 spiro atoms. The second kappa shape index (κ2) is 7.56. The Morgan fingerprint density at radius 1 is 1.23 bits per heavy atom. The van der Waals surface area contributed by atoms with Gasteiger partial charge in [-0.3, -0.25) is 4.79 Å². The zero-order valence-corrected chi connectivity index (χ0v) is 15.1. The standard InChI is InChI=1S/C22H22O4/c1-4-14(2)21(23)18-11-17-12-20(26-19(17)10-15(18)3)22(24)25-13-16-8-6-5-7-9-16/h5-11,20H,2,4,12-13H2,1,3H3. The first-order valence-electron chi connectivity index (χ1n) is 8.72. The summed E-state index contributed by atoms with van der Waals surface area (Å²) in [7, 11) is 0. The van der Waals surface area contributed by atoms with Gasteiger partial charge in [-0.1, -0.05) is 43.8 Å². The normalized spacial score (nSPS) is 15.1. The van der Waals surface area contributed by atoms with Crippen LogP contribution in [0.1, 0.15) is 40.4 Å². The average Bonchev–Trinajstić information content (AvgIpc) is 3.07. The highest BCUT2D eigenvalue weighted by Crippen LogP contribution is 2.33. The van der Waals surface area contributed by atoms with Gasteiger partial charge in [0.15, 0.2) is 11.9 Å². The number of allylic oxidation sites excluding steroid dienone is 1. The summed E-state index contributed by atoms with van der Waals surface area (Å²) >= 11 is 0. The van der Waals surface area contributed by atoms with E-state index in [1.165, 1.54) is 0 Å². The third-order valence-electron chi connectivity index (χ3n) is 4.56. The second-order valence-corrected chi connectivity index (χ2v) is 6.47. The van der Waals surface area contributed by atoms with E-state index in [0.29, 0.717) is 29.7 Å². The summed E-state index contributed by atoms with van der Waals surface area (Å²) in [4.78, 5) is 24.8. The quantitative estimate of drug-likeness (QED) is 0.445. The van der Waals surface area contributed by atoms with E-state index in [0.717, 1.165) is 16.7 Å². The second-order valence-electron chi connectivity index (χ2n) is 6.47. The molecule has 0 aliphatic carbocycles. The fourth-order valence-electron chi connectivity index (χ4n) is 2.94. The predicted octanol–water partition coefficient (Wildman–Crippen LogP) is 4.19. The van der Waals surface area contributed by atoms with Crippen molar-refractivity contribution >= 4 is 11.8 Å². The molecule has 26 heavy (non-hydrogen) atoms. The molecule has 4 heteroatoms. The minimum absolute atomic E-state index is 0.0529. The lowest BCUT2D eigenvalue weighted by Crippen LogP contribution is -2.27. The third-order valence-corrected chi connectivity index (χ3v) is 4.56. The molecule has 2 aromatic rings. The number of hydrogen-bond acceptors (Lipinski definition) is 4. The highest BCUT2D eigenvalue weighted by molar-refractivity contribution is 6.09. The van der Waals surface area contributed by atoms with Gasteiger partial charge in [0, 0.05) is 12.0 Å². The van der Waals surface area contributed by atoms with Gasteiger partial charge in [0.25, 0.3) is 0 Å². The minimum atomic E-state index is -0.673. The van der Waals surface area contributed by atoms with E-state index in [2.05, 4.69) is 6.58 Å². The van der Waals surface area contributed by atoms with Crippen LogP contribution in [0.3, 0.4) is 0 Å². The van der Waals surface area contributed by atoms with Crippen molar-refractivity contribution in [2.75, 3.05) is 0 Å². The first-order chi connectivity index (χ1) is 12.5. The molecule has 1 unspecified atom stereocenters. The van der Waals surface area contributed by atoms with Crippen molar-refractivity contribution in [1.82, 2.24) is 0 Å². The zero-order chi connectivity index (χ0) is 18.7. The maximum absolute atomic E-state index is 12.4. The molecule has 3 rings (SSSR count). The molecule has 0 aromatic heterocycles. The van der Waals surface area contributed by atoms with Crippen LogP contribution in [0.5, 0.6) is 5.75 Å². The van der Waals surface area contributed by atoms with Gasteiger partial charge in [-0.15, -0.1) is 0 Å². The lowest BCUT2D eigenvalue weighted by atomic mass is 9.95. The molecule has 1 aliphatic rings. The topological polar surface area (TPSA) is 52.6 Å². The molecule has 2 aromatic carbocycles. The molecular weight excluding hydrogens is 328 g/mol. The van der Waals surface area contributed by atoms with Gasteiger partial charge in [-0.2, -0.15) is 0 Å². The van der Waals surface area contributed by atoms with Gasteiger partial charge in [0.1, 0.15) is 12.4 Å². The molecule has 1 heterocycles. The number of fused-ring (bicyclic) bond motifs is 1. The highest BCUT2D eigenvalue weighted by atomic mass is 16.6. The van der Waals surface area contributed by atoms with Crippen LogP contribution < -0.4 is 4.74 Å². The van der Waals surface area contributed by atoms with E-state index in [9.17, 15) is 9.59 Å². The predicted molar refractivity (Wildman–Crippen MR) is 99.3 cm³/mol. The van der Waals surface area contributed by atoms with Crippen molar-refractivity contribution < 1.29 is 19.1 Å². The molecule has 0 radical (unpaired) electrons. The lowest BCUT2D eigenvalue weighted by molar-refractivity contribution is -0.152. The smallest absolute Gasteiger partial charge is 0.348 e. The van der Waals surface area contributed by atoms with Crippen LogP contribution in [-0.4, -0.2) is 17.9 Å². The van der Waals surface area contributed by atoms with Crippen molar-refractivity contribution in [3.63, 3.8) is 0 Å². The van der Waals surface area contributed by atoms with Crippen molar-refractivity contribution in [1.29, 1.82) is 0 Å². The molecule has 0 N–H and O–H groups in total. The molecule has 1 atom stereocenters. The fourth-order valence-corrected chi connectivity index (χ4v) is 2.94. The molecule has 0 amide bonds. The summed E-state index contributed by atoms with van der Waals surface area (Å²) in [6.45, 7) is 7.81. The first-order valence-corrected chi connectivity index (χ1v) is 8.72. The van der Waals surface area contributed by atoms with Crippen molar-refractivity contribution in [2.45, 2.75) is 39.4 Å². The van der Waals surface area contributed by atoms with E-state index in [1.807, 2.05) is 56.3 Å². The Labute approximate surface area is 153 Å². The number of carbonyl (C=O) groups is 2.